The van der Waals surface area contributed by atoms with Crippen LogP contribution in [0.25, 0.3) is 0 Å². The lowest BCUT2D eigenvalue weighted by Crippen LogP contribution is -2.29. The molecule has 1 aliphatic heterocycles. The standard InChI is InChI=1S/C13H22N2O3S2/c1-2-6-14-9-12-3-4-13(19-12)20(16,17)15-8-11-5-7-18-10-11/h3-4,11,14-15H,2,5-10H2,1H3. The quantitative estimate of drug-likeness (QED) is 0.714. The van der Waals surface area contributed by atoms with Crippen LogP contribution in [0.5, 0.6) is 0 Å². The number of rotatable bonds is 8. The van der Waals surface area contributed by atoms with Crippen LogP contribution in [-0.2, 0) is 21.3 Å². The Balaban J connectivity index is 1.88. The summed E-state index contributed by atoms with van der Waals surface area (Å²) in [5.74, 6) is 0.301. The average Bonchev–Trinajstić information content (AvgIpc) is 3.08. The van der Waals surface area contributed by atoms with Crippen molar-refractivity contribution < 1.29 is 13.2 Å². The Morgan fingerprint density at radius 1 is 1.45 bits per heavy atom. The molecule has 2 rings (SSSR count). The van der Waals surface area contributed by atoms with Crippen LogP contribution in [0.3, 0.4) is 0 Å². The summed E-state index contributed by atoms with van der Waals surface area (Å²) in [5.41, 5.74) is 0. The fraction of sp³-hybridized carbons (Fsp3) is 0.692. The maximum Gasteiger partial charge on any atom is 0.250 e. The predicted octanol–water partition coefficient (Wildman–Crippen LogP) is 1.56. The van der Waals surface area contributed by atoms with Gasteiger partial charge in [0.1, 0.15) is 4.21 Å². The first-order chi connectivity index (χ1) is 9.62. The van der Waals surface area contributed by atoms with Crippen LogP contribution < -0.4 is 10.0 Å². The highest BCUT2D eigenvalue weighted by atomic mass is 32.2. The van der Waals surface area contributed by atoms with Crippen LogP contribution in [0.4, 0.5) is 0 Å². The number of thiophene rings is 1. The molecule has 7 heteroatoms. The van der Waals surface area contributed by atoms with Gasteiger partial charge >= 0.3 is 0 Å². The van der Waals surface area contributed by atoms with Crippen LogP contribution in [0, 0.1) is 5.92 Å². The van der Waals surface area contributed by atoms with Gasteiger partial charge in [-0.15, -0.1) is 11.3 Å². The van der Waals surface area contributed by atoms with Gasteiger partial charge in [0, 0.05) is 24.6 Å². The third-order valence-corrected chi connectivity index (χ3v) is 6.21. The summed E-state index contributed by atoms with van der Waals surface area (Å²) < 4.78 is 32.7. The smallest absolute Gasteiger partial charge is 0.250 e. The molecule has 20 heavy (non-hydrogen) atoms. The maximum atomic E-state index is 12.2. The molecule has 0 spiro atoms. The van der Waals surface area contributed by atoms with Crippen molar-refractivity contribution in [2.75, 3.05) is 26.3 Å². The van der Waals surface area contributed by atoms with Gasteiger partial charge in [0.25, 0.3) is 0 Å². The van der Waals surface area contributed by atoms with Crippen molar-refractivity contribution in [3.8, 4) is 0 Å². The number of hydrogen-bond acceptors (Lipinski definition) is 5. The molecule has 2 heterocycles. The van der Waals surface area contributed by atoms with E-state index < -0.39 is 10.0 Å². The highest BCUT2D eigenvalue weighted by molar-refractivity contribution is 7.91. The molecule has 0 saturated carbocycles. The molecular weight excluding hydrogens is 296 g/mol. The van der Waals surface area contributed by atoms with E-state index in [-0.39, 0.29) is 0 Å². The molecule has 0 radical (unpaired) electrons. The van der Waals surface area contributed by atoms with Crippen LogP contribution in [0.1, 0.15) is 24.6 Å². The Kier molecular flexibility index (Phi) is 5.98. The SMILES string of the molecule is CCCNCc1ccc(S(=O)(=O)NCC2CCOC2)s1. The molecule has 1 aromatic heterocycles. The average molecular weight is 318 g/mol. The van der Waals surface area contributed by atoms with Crippen molar-refractivity contribution in [3.05, 3.63) is 17.0 Å². The summed E-state index contributed by atoms with van der Waals surface area (Å²) in [6.07, 6.45) is 2.00. The molecule has 1 aromatic rings. The molecule has 5 nitrogen and oxygen atoms in total. The summed E-state index contributed by atoms with van der Waals surface area (Å²) in [6, 6.07) is 3.56. The lowest BCUT2D eigenvalue weighted by atomic mass is 10.1. The van der Waals surface area contributed by atoms with Crippen molar-refractivity contribution in [2.45, 2.75) is 30.5 Å². The minimum Gasteiger partial charge on any atom is -0.381 e. The molecule has 1 aliphatic rings. The lowest BCUT2D eigenvalue weighted by Gasteiger charge is -2.08. The van der Waals surface area contributed by atoms with Gasteiger partial charge in [-0.1, -0.05) is 6.92 Å². The minimum atomic E-state index is -3.37. The fourth-order valence-electron chi connectivity index (χ4n) is 2.03. The van der Waals surface area contributed by atoms with Crippen molar-refractivity contribution in [2.24, 2.45) is 5.92 Å². The van der Waals surface area contributed by atoms with E-state index in [0.717, 1.165) is 37.4 Å². The van der Waals surface area contributed by atoms with Gasteiger partial charge in [-0.25, -0.2) is 13.1 Å². The summed E-state index contributed by atoms with van der Waals surface area (Å²) >= 11 is 1.33. The van der Waals surface area contributed by atoms with Gasteiger partial charge in [0.05, 0.1) is 6.61 Å². The highest BCUT2D eigenvalue weighted by Crippen LogP contribution is 2.22. The second-order valence-corrected chi connectivity index (χ2v) is 8.14. The third kappa shape index (κ3) is 4.53. The second-order valence-electron chi connectivity index (χ2n) is 4.98. The van der Waals surface area contributed by atoms with Gasteiger partial charge in [0.2, 0.25) is 10.0 Å². The molecular formula is C13H22N2O3S2. The Bertz CT molecular complexity index is 507. The minimum absolute atomic E-state index is 0.301. The highest BCUT2D eigenvalue weighted by Gasteiger charge is 2.21. The summed E-state index contributed by atoms with van der Waals surface area (Å²) in [5, 5.41) is 3.27. The summed E-state index contributed by atoms with van der Waals surface area (Å²) in [6.45, 7) is 5.62. The molecule has 0 aliphatic carbocycles. The van der Waals surface area contributed by atoms with E-state index in [1.54, 1.807) is 6.07 Å². The first-order valence-electron chi connectivity index (χ1n) is 6.98. The zero-order valence-corrected chi connectivity index (χ0v) is 13.4. The Morgan fingerprint density at radius 2 is 2.30 bits per heavy atom. The van der Waals surface area contributed by atoms with Crippen molar-refractivity contribution in [1.82, 2.24) is 10.0 Å². The molecule has 2 N–H and O–H groups in total. The molecule has 1 atom stereocenters. The van der Waals surface area contributed by atoms with Crippen LogP contribution in [-0.4, -0.2) is 34.7 Å². The fourth-order valence-corrected chi connectivity index (χ4v) is 4.52. The zero-order valence-electron chi connectivity index (χ0n) is 11.7. The van der Waals surface area contributed by atoms with E-state index in [1.165, 1.54) is 11.3 Å². The molecule has 0 bridgehead atoms. The van der Waals surface area contributed by atoms with E-state index in [2.05, 4.69) is 17.0 Å². The number of hydrogen-bond donors (Lipinski definition) is 2. The first kappa shape index (κ1) is 15.9. The lowest BCUT2D eigenvalue weighted by molar-refractivity contribution is 0.186. The second kappa shape index (κ2) is 7.51. The van der Waals surface area contributed by atoms with Crippen LogP contribution in [0.15, 0.2) is 16.3 Å². The van der Waals surface area contributed by atoms with Gasteiger partial charge < -0.3 is 10.1 Å². The van der Waals surface area contributed by atoms with Crippen LogP contribution in [0.2, 0.25) is 0 Å². The monoisotopic (exact) mass is 318 g/mol. The first-order valence-corrected chi connectivity index (χ1v) is 9.28. The van der Waals surface area contributed by atoms with E-state index in [4.69, 9.17) is 4.74 Å². The molecule has 1 unspecified atom stereocenters. The molecule has 0 amide bonds. The third-order valence-electron chi connectivity index (χ3n) is 3.21. The van der Waals surface area contributed by atoms with E-state index in [9.17, 15) is 8.42 Å². The number of nitrogens with one attached hydrogen (secondary N) is 2. The molecule has 1 saturated heterocycles. The van der Waals surface area contributed by atoms with Gasteiger partial charge in [-0.05, 0) is 37.4 Å². The summed E-state index contributed by atoms with van der Waals surface area (Å²) in [4.78, 5) is 1.04. The summed E-state index contributed by atoms with van der Waals surface area (Å²) in [7, 11) is -3.37. The van der Waals surface area contributed by atoms with Crippen LogP contribution >= 0.6 is 11.3 Å². The van der Waals surface area contributed by atoms with E-state index >= 15 is 0 Å². The topological polar surface area (TPSA) is 67.4 Å². The largest absolute Gasteiger partial charge is 0.381 e. The maximum absolute atomic E-state index is 12.2. The van der Waals surface area contributed by atoms with Gasteiger partial charge in [-0.2, -0.15) is 0 Å². The van der Waals surface area contributed by atoms with Crippen molar-refractivity contribution >= 4 is 21.4 Å². The van der Waals surface area contributed by atoms with Crippen molar-refractivity contribution in [3.63, 3.8) is 0 Å². The van der Waals surface area contributed by atoms with Crippen molar-refractivity contribution in [1.29, 1.82) is 0 Å². The van der Waals surface area contributed by atoms with Gasteiger partial charge in [0.15, 0.2) is 0 Å². The van der Waals surface area contributed by atoms with E-state index in [0.29, 0.717) is 23.3 Å². The normalized spacial score (nSPS) is 19.6. The van der Waals surface area contributed by atoms with E-state index in [1.807, 2.05) is 6.07 Å². The number of sulfonamides is 1. The Hall–Kier alpha value is -0.470. The molecule has 0 aromatic carbocycles. The molecule has 1 fully saturated rings. The number of ether oxygens (including phenoxy) is 1. The Morgan fingerprint density at radius 3 is 3.00 bits per heavy atom. The predicted molar refractivity (Wildman–Crippen MR) is 80.4 cm³/mol. The van der Waals surface area contributed by atoms with Gasteiger partial charge in [-0.3, -0.25) is 0 Å². The molecule has 114 valence electrons. The Labute approximate surface area is 124 Å². The zero-order chi connectivity index (χ0) is 14.4.